The quantitative estimate of drug-likeness (QED) is 0.614. The van der Waals surface area contributed by atoms with Gasteiger partial charge in [0.15, 0.2) is 0 Å². The Hall–Kier alpha value is -2.31. The van der Waals surface area contributed by atoms with E-state index in [-0.39, 0.29) is 11.9 Å². The van der Waals surface area contributed by atoms with Crippen LogP contribution in [0.1, 0.15) is 40.3 Å². The maximum absolute atomic E-state index is 12.7. The zero-order chi connectivity index (χ0) is 18.5. The van der Waals surface area contributed by atoms with Gasteiger partial charge in [-0.2, -0.15) is 0 Å². The van der Waals surface area contributed by atoms with E-state index in [4.69, 9.17) is 16.1 Å². The van der Waals surface area contributed by atoms with E-state index in [2.05, 4.69) is 15.5 Å². The second-order valence-corrected chi connectivity index (χ2v) is 7.22. The first-order valence-corrected chi connectivity index (χ1v) is 9.45. The summed E-state index contributed by atoms with van der Waals surface area (Å²) in [6.45, 7) is 3.78. The molecule has 0 saturated carbocycles. The Balaban J connectivity index is 1.69. The summed E-state index contributed by atoms with van der Waals surface area (Å²) in [6.07, 6.45) is 1.68. The molecule has 2 heterocycles. The zero-order valence-corrected chi connectivity index (χ0v) is 16.0. The van der Waals surface area contributed by atoms with Crippen LogP contribution in [0.2, 0.25) is 5.02 Å². The lowest BCUT2D eigenvalue weighted by Crippen LogP contribution is -2.27. The molecule has 134 valence electrons. The van der Waals surface area contributed by atoms with Crippen LogP contribution in [0.15, 0.2) is 58.2 Å². The van der Waals surface area contributed by atoms with Crippen molar-refractivity contribution >= 4 is 29.3 Å². The monoisotopic (exact) mass is 387 g/mol. The molecular weight excluding hydrogens is 370 g/mol. The van der Waals surface area contributed by atoms with Gasteiger partial charge >= 0.3 is 0 Å². The lowest BCUT2D eigenvalue weighted by atomic mass is 10.1. The molecule has 0 radical (unpaired) electrons. The molecule has 2 aromatic heterocycles. The summed E-state index contributed by atoms with van der Waals surface area (Å²) in [5.74, 6) is 1.18. The number of thioether (sulfide) groups is 1. The number of aryl methyl sites for hydroxylation is 1. The average molecular weight is 388 g/mol. The number of hydrogen-bond donors (Lipinski definition) is 1. The predicted octanol–water partition coefficient (Wildman–Crippen LogP) is 4.81. The Morgan fingerprint density at radius 3 is 2.77 bits per heavy atom. The number of halogens is 1. The molecule has 0 spiro atoms. The average Bonchev–Trinajstić information content (AvgIpc) is 3.06. The summed E-state index contributed by atoms with van der Waals surface area (Å²) in [4.78, 5) is 17.0. The first-order chi connectivity index (χ1) is 12.5. The molecular formula is C19H18ClN3O2S. The Morgan fingerprint density at radius 1 is 1.31 bits per heavy atom. The van der Waals surface area contributed by atoms with E-state index in [1.165, 1.54) is 11.8 Å². The van der Waals surface area contributed by atoms with E-state index in [9.17, 15) is 4.79 Å². The molecule has 0 aliphatic carbocycles. The van der Waals surface area contributed by atoms with E-state index in [1.54, 1.807) is 18.3 Å². The van der Waals surface area contributed by atoms with Gasteiger partial charge in [0, 0.05) is 23.0 Å². The Kier molecular flexibility index (Phi) is 5.96. The smallest absolute Gasteiger partial charge is 0.254 e. The van der Waals surface area contributed by atoms with Crippen molar-refractivity contribution in [2.45, 2.75) is 30.7 Å². The predicted molar refractivity (Wildman–Crippen MR) is 102 cm³/mol. The maximum Gasteiger partial charge on any atom is 0.254 e. The van der Waals surface area contributed by atoms with Crippen LogP contribution in [0, 0.1) is 6.92 Å². The third kappa shape index (κ3) is 4.65. The molecule has 26 heavy (non-hydrogen) atoms. The molecule has 3 rings (SSSR count). The van der Waals surface area contributed by atoms with Gasteiger partial charge in [-0.3, -0.25) is 4.79 Å². The van der Waals surface area contributed by atoms with Crippen molar-refractivity contribution in [3.8, 4) is 0 Å². The molecule has 0 aliphatic rings. The van der Waals surface area contributed by atoms with Crippen LogP contribution in [-0.4, -0.2) is 16.0 Å². The summed E-state index contributed by atoms with van der Waals surface area (Å²) in [5.41, 5.74) is 2.34. The minimum Gasteiger partial charge on any atom is -0.361 e. The Morgan fingerprint density at radius 2 is 2.08 bits per heavy atom. The Bertz CT molecular complexity index is 896. The van der Waals surface area contributed by atoms with Crippen molar-refractivity contribution in [3.63, 3.8) is 0 Å². The van der Waals surface area contributed by atoms with Gasteiger partial charge < -0.3 is 9.84 Å². The molecule has 0 bridgehead atoms. The van der Waals surface area contributed by atoms with Gasteiger partial charge in [0.05, 0.1) is 17.3 Å². The zero-order valence-electron chi connectivity index (χ0n) is 14.4. The van der Waals surface area contributed by atoms with Gasteiger partial charge in [-0.15, -0.1) is 0 Å². The molecule has 1 aromatic carbocycles. The van der Waals surface area contributed by atoms with Gasteiger partial charge in [0.1, 0.15) is 10.8 Å². The van der Waals surface area contributed by atoms with Crippen molar-refractivity contribution in [3.05, 3.63) is 76.3 Å². The molecule has 1 atom stereocenters. The minimum absolute atomic E-state index is 0.143. The fourth-order valence-corrected chi connectivity index (χ4v) is 3.41. The first-order valence-electron chi connectivity index (χ1n) is 8.09. The number of carbonyl (C=O) groups excluding carboxylic acids is 1. The molecule has 0 fully saturated rings. The van der Waals surface area contributed by atoms with Crippen LogP contribution in [0.4, 0.5) is 0 Å². The summed E-state index contributed by atoms with van der Waals surface area (Å²) in [6, 6.07) is 12.7. The number of benzene rings is 1. The fourth-order valence-electron chi connectivity index (χ4n) is 2.42. The molecule has 0 aliphatic heterocycles. The fraction of sp³-hybridized carbons (Fsp3) is 0.211. The van der Waals surface area contributed by atoms with E-state index < -0.39 is 0 Å². The minimum atomic E-state index is -0.167. The van der Waals surface area contributed by atoms with Crippen LogP contribution in [0.5, 0.6) is 0 Å². The third-order valence-corrected chi connectivity index (χ3v) is 5.06. The second-order valence-electron chi connectivity index (χ2n) is 5.82. The van der Waals surface area contributed by atoms with Gasteiger partial charge in [0.25, 0.3) is 5.91 Å². The normalized spacial score (nSPS) is 12.0. The van der Waals surface area contributed by atoms with Crippen LogP contribution in [0.3, 0.4) is 0 Å². The van der Waals surface area contributed by atoms with Crippen molar-refractivity contribution in [1.82, 2.24) is 15.5 Å². The van der Waals surface area contributed by atoms with Crippen molar-refractivity contribution in [2.24, 2.45) is 0 Å². The van der Waals surface area contributed by atoms with Crippen molar-refractivity contribution in [2.75, 3.05) is 0 Å². The first kappa shape index (κ1) is 18.5. The number of amides is 1. The number of carbonyl (C=O) groups is 1. The lowest BCUT2D eigenvalue weighted by molar-refractivity contribution is 0.0936. The molecule has 5 nitrogen and oxygen atoms in total. The molecule has 1 unspecified atom stereocenters. The highest BCUT2D eigenvalue weighted by Crippen LogP contribution is 2.25. The summed E-state index contributed by atoms with van der Waals surface area (Å²) >= 11 is 7.37. The number of nitrogens with zero attached hydrogens (tertiary/aromatic N) is 2. The van der Waals surface area contributed by atoms with Gasteiger partial charge in [-0.1, -0.05) is 40.7 Å². The molecule has 0 saturated heterocycles. The van der Waals surface area contributed by atoms with E-state index in [1.807, 2.05) is 44.2 Å². The number of nitrogens with one attached hydrogen (secondary N) is 1. The Labute approximate surface area is 161 Å². The maximum atomic E-state index is 12.7. The van der Waals surface area contributed by atoms with Gasteiger partial charge in [-0.05, 0) is 43.7 Å². The summed E-state index contributed by atoms with van der Waals surface area (Å²) in [5, 5.41) is 8.30. The molecule has 1 N–H and O–H groups in total. The van der Waals surface area contributed by atoms with Crippen molar-refractivity contribution in [1.29, 1.82) is 0 Å². The third-order valence-electron chi connectivity index (χ3n) is 3.77. The number of aromatic nitrogens is 2. The largest absolute Gasteiger partial charge is 0.361 e. The number of pyridine rings is 1. The number of rotatable bonds is 6. The highest BCUT2D eigenvalue weighted by molar-refractivity contribution is 7.98. The van der Waals surface area contributed by atoms with E-state index in [0.717, 1.165) is 17.0 Å². The topological polar surface area (TPSA) is 68.0 Å². The van der Waals surface area contributed by atoms with E-state index in [0.29, 0.717) is 21.4 Å². The highest BCUT2D eigenvalue weighted by atomic mass is 35.5. The second kappa shape index (κ2) is 8.38. The summed E-state index contributed by atoms with van der Waals surface area (Å²) in [7, 11) is 0. The van der Waals surface area contributed by atoms with Gasteiger partial charge in [-0.25, -0.2) is 4.98 Å². The summed E-state index contributed by atoms with van der Waals surface area (Å²) < 4.78 is 5.07. The van der Waals surface area contributed by atoms with Crippen LogP contribution in [0.25, 0.3) is 0 Å². The number of hydrogen-bond acceptors (Lipinski definition) is 5. The van der Waals surface area contributed by atoms with E-state index >= 15 is 0 Å². The van der Waals surface area contributed by atoms with Crippen LogP contribution < -0.4 is 5.32 Å². The van der Waals surface area contributed by atoms with Crippen molar-refractivity contribution < 1.29 is 9.32 Å². The SMILES string of the molecule is Cc1cc(CSc2ncccc2C(=O)NC(C)c2ccc(Cl)cc2)no1. The van der Waals surface area contributed by atoms with Crippen LogP contribution in [-0.2, 0) is 5.75 Å². The molecule has 3 aromatic rings. The molecule has 1 amide bonds. The standard InChI is InChI=1S/C19H18ClN3O2S/c1-12-10-16(23-25-12)11-26-19-17(4-3-9-21-19)18(24)22-13(2)14-5-7-15(20)8-6-14/h3-10,13H,11H2,1-2H3,(H,22,24). The lowest BCUT2D eigenvalue weighted by Gasteiger charge is -2.15. The van der Waals surface area contributed by atoms with Gasteiger partial charge in [0.2, 0.25) is 0 Å². The van der Waals surface area contributed by atoms with Crippen LogP contribution >= 0.6 is 23.4 Å². The molecule has 7 heteroatoms. The highest BCUT2D eigenvalue weighted by Gasteiger charge is 2.16.